The monoisotopic (exact) mass is 319 g/mol. The summed E-state index contributed by atoms with van der Waals surface area (Å²) < 4.78 is 5.01. The minimum atomic E-state index is -0.236. The van der Waals surface area contributed by atoms with E-state index in [1.165, 1.54) is 12.4 Å². The van der Waals surface area contributed by atoms with Gasteiger partial charge in [0.05, 0.1) is 30.7 Å². The summed E-state index contributed by atoms with van der Waals surface area (Å²) in [6.07, 6.45) is 7.04. The number of rotatable bonds is 3. The Balaban J connectivity index is 0.000000616. The van der Waals surface area contributed by atoms with Gasteiger partial charge in [0.25, 0.3) is 5.91 Å². The molecule has 1 aliphatic rings. The maximum absolute atomic E-state index is 11.8. The largest absolute Gasteiger partial charge is 0.379 e. The zero-order valence-corrected chi connectivity index (χ0v) is 13.2. The molecule has 2 aromatic rings. The summed E-state index contributed by atoms with van der Waals surface area (Å²) in [6.45, 7) is 5.80. The van der Waals surface area contributed by atoms with E-state index in [1.54, 1.807) is 24.5 Å². The summed E-state index contributed by atoms with van der Waals surface area (Å²) in [5, 5.41) is 5.87. The summed E-state index contributed by atoms with van der Waals surface area (Å²) in [7, 11) is 0. The van der Waals surface area contributed by atoms with Crippen LogP contribution in [0.2, 0.25) is 0 Å². The SMILES string of the molecule is C1COCCN1.CCc1ncc(C(=O)Nc2cccnc2)cn1.[HH].[HH]. The normalized spacial score (nSPS) is 13.6. The maximum Gasteiger partial charge on any atom is 0.258 e. The quantitative estimate of drug-likeness (QED) is 0.896. The van der Waals surface area contributed by atoms with Crippen molar-refractivity contribution in [3.8, 4) is 0 Å². The number of carbonyl (C=O) groups excluding carboxylic acids is 1. The Labute approximate surface area is 138 Å². The lowest BCUT2D eigenvalue weighted by Crippen LogP contribution is -2.30. The molecular weight excluding hydrogens is 294 g/mol. The van der Waals surface area contributed by atoms with Gasteiger partial charge >= 0.3 is 0 Å². The van der Waals surface area contributed by atoms with Crippen LogP contribution in [0.5, 0.6) is 0 Å². The first-order valence-electron chi connectivity index (χ1n) is 7.60. The van der Waals surface area contributed by atoms with Gasteiger partial charge in [-0.1, -0.05) is 6.92 Å². The average Bonchev–Trinajstić information content (AvgIpc) is 2.64. The lowest BCUT2D eigenvalue weighted by Gasteiger charge is -2.10. The number of ether oxygens (including phenoxy) is 1. The third-order valence-corrected chi connectivity index (χ3v) is 3.05. The van der Waals surface area contributed by atoms with Crippen LogP contribution in [0, 0.1) is 0 Å². The average molecular weight is 319 g/mol. The predicted molar refractivity (Wildman–Crippen MR) is 91.5 cm³/mol. The molecule has 0 aliphatic carbocycles. The fraction of sp³-hybridized carbons (Fsp3) is 0.375. The van der Waals surface area contributed by atoms with Crippen LogP contribution in [0.25, 0.3) is 0 Å². The minimum absolute atomic E-state index is 0. The van der Waals surface area contributed by atoms with Gasteiger partial charge in [0.2, 0.25) is 0 Å². The van der Waals surface area contributed by atoms with Crippen LogP contribution < -0.4 is 10.6 Å². The Morgan fingerprint density at radius 1 is 1.30 bits per heavy atom. The molecule has 2 aromatic heterocycles. The zero-order valence-electron chi connectivity index (χ0n) is 13.2. The summed E-state index contributed by atoms with van der Waals surface area (Å²) in [6, 6.07) is 3.53. The number of anilines is 1. The van der Waals surface area contributed by atoms with Crippen molar-refractivity contribution in [3.63, 3.8) is 0 Å². The molecule has 3 heterocycles. The van der Waals surface area contributed by atoms with Crippen molar-refractivity contribution in [1.82, 2.24) is 20.3 Å². The fourth-order valence-corrected chi connectivity index (χ4v) is 1.81. The molecule has 0 bridgehead atoms. The van der Waals surface area contributed by atoms with E-state index in [4.69, 9.17) is 4.74 Å². The predicted octanol–water partition coefficient (Wildman–Crippen LogP) is 1.78. The van der Waals surface area contributed by atoms with Crippen LogP contribution in [0.4, 0.5) is 5.69 Å². The van der Waals surface area contributed by atoms with Gasteiger partial charge in [0, 0.05) is 41.0 Å². The van der Waals surface area contributed by atoms with Crippen molar-refractivity contribution in [2.75, 3.05) is 31.6 Å². The highest BCUT2D eigenvalue weighted by atomic mass is 16.5. The fourth-order valence-electron chi connectivity index (χ4n) is 1.81. The Kier molecular flexibility index (Phi) is 7.09. The van der Waals surface area contributed by atoms with Gasteiger partial charge in [0.15, 0.2) is 0 Å². The van der Waals surface area contributed by atoms with Crippen molar-refractivity contribution in [2.45, 2.75) is 13.3 Å². The third-order valence-electron chi connectivity index (χ3n) is 3.05. The lowest BCUT2D eigenvalue weighted by molar-refractivity contribution is 0.102. The van der Waals surface area contributed by atoms with Gasteiger partial charge in [-0.25, -0.2) is 9.97 Å². The van der Waals surface area contributed by atoms with E-state index in [9.17, 15) is 4.79 Å². The van der Waals surface area contributed by atoms with E-state index in [2.05, 4.69) is 25.6 Å². The molecule has 0 unspecified atom stereocenters. The highest BCUT2D eigenvalue weighted by molar-refractivity contribution is 6.03. The third kappa shape index (κ3) is 6.09. The van der Waals surface area contributed by atoms with E-state index >= 15 is 0 Å². The number of nitrogens with one attached hydrogen (secondary N) is 2. The Morgan fingerprint density at radius 3 is 2.52 bits per heavy atom. The first-order chi connectivity index (χ1) is 11.3. The molecule has 7 heteroatoms. The number of hydrogen-bond donors (Lipinski definition) is 2. The van der Waals surface area contributed by atoms with Crippen molar-refractivity contribution in [2.24, 2.45) is 0 Å². The van der Waals surface area contributed by atoms with Gasteiger partial charge in [0.1, 0.15) is 5.82 Å². The second-order valence-electron chi connectivity index (χ2n) is 4.80. The van der Waals surface area contributed by atoms with Crippen LogP contribution in [-0.2, 0) is 11.2 Å². The van der Waals surface area contributed by atoms with E-state index in [1.807, 2.05) is 6.92 Å². The topological polar surface area (TPSA) is 89.0 Å². The van der Waals surface area contributed by atoms with E-state index in [0.717, 1.165) is 38.5 Å². The Hall–Kier alpha value is -2.38. The molecule has 126 valence electrons. The van der Waals surface area contributed by atoms with Crippen molar-refractivity contribution in [3.05, 3.63) is 48.3 Å². The number of pyridine rings is 1. The van der Waals surface area contributed by atoms with Crippen LogP contribution in [-0.4, -0.2) is 47.2 Å². The number of aromatic nitrogens is 3. The number of aryl methyl sites for hydroxylation is 1. The molecule has 1 fully saturated rings. The molecule has 7 nitrogen and oxygen atoms in total. The Morgan fingerprint density at radius 2 is 2.04 bits per heavy atom. The Bertz CT molecular complexity index is 584. The van der Waals surface area contributed by atoms with E-state index < -0.39 is 0 Å². The van der Waals surface area contributed by atoms with Crippen molar-refractivity contribution >= 4 is 11.6 Å². The molecule has 0 atom stereocenters. The molecular formula is C16H25N5O2. The minimum Gasteiger partial charge on any atom is -0.379 e. The summed E-state index contributed by atoms with van der Waals surface area (Å²) in [4.78, 5) is 23.9. The molecule has 0 radical (unpaired) electrons. The lowest BCUT2D eigenvalue weighted by atomic mass is 10.3. The molecule has 0 saturated carbocycles. The summed E-state index contributed by atoms with van der Waals surface area (Å²) in [5.41, 5.74) is 1.09. The van der Waals surface area contributed by atoms with Gasteiger partial charge in [-0.15, -0.1) is 0 Å². The number of hydrogen-bond acceptors (Lipinski definition) is 6. The number of amides is 1. The number of carbonyl (C=O) groups is 1. The molecule has 3 rings (SSSR count). The molecule has 23 heavy (non-hydrogen) atoms. The first kappa shape index (κ1) is 17.0. The zero-order chi connectivity index (χ0) is 16.3. The molecule has 1 saturated heterocycles. The van der Waals surface area contributed by atoms with Crippen LogP contribution >= 0.6 is 0 Å². The maximum atomic E-state index is 11.8. The van der Waals surface area contributed by atoms with Crippen molar-refractivity contribution < 1.29 is 12.4 Å². The first-order valence-corrected chi connectivity index (χ1v) is 7.60. The van der Waals surface area contributed by atoms with Crippen LogP contribution in [0.3, 0.4) is 0 Å². The number of morpholine rings is 1. The second-order valence-corrected chi connectivity index (χ2v) is 4.80. The van der Waals surface area contributed by atoms with Gasteiger partial charge in [-0.05, 0) is 12.1 Å². The molecule has 0 aromatic carbocycles. The molecule has 1 aliphatic heterocycles. The summed E-state index contributed by atoms with van der Waals surface area (Å²) >= 11 is 0. The number of nitrogens with zero attached hydrogens (tertiary/aromatic N) is 3. The molecule has 0 spiro atoms. The highest BCUT2D eigenvalue weighted by Crippen LogP contribution is 2.06. The standard InChI is InChI=1S/C12H12N4O.C4H9NO.2H2/c1-2-11-14-6-9(7-15-11)12(17)16-10-4-3-5-13-8-10;1-3-6-4-2-5-1;;/h3-8H,2H2,1H3,(H,16,17);5H,1-4H2;2*1H. The van der Waals surface area contributed by atoms with Gasteiger partial charge in [-0.3, -0.25) is 9.78 Å². The van der Waals surface area contributed by atoms with E-state index in [-0.39, 0.29) is 8.76 Å². The van der Waals surface area contributed by atoms with E-state index in [0.29, 0.717) is 11.3 Å². The van der Waals surface area contributed by atoms with Gasteiger partial charge in [-0.2, -0.15) is 0 Å². The molecule has 1 amide bonds. The second kappa shape index (κ2) is 9.60. The summed E-state index contributed by atoms with van der Waals surface area (Å²) in [5.74, 6) is 0.489. The van der Waals surface area contributed by atoms with Crippen molar-refractivity contribution in [1.29, 1.82) is 0 Å². The smallest absolute Gasteiger partial charge is 0.258 e. The highest BCUT2D eigenvalue weighted by Gasteiger charge is 2.06. The van der Waals surface area contributed by atoms with Crippen LogP contribution in [0.1, 0.15) is 26.0 Å². The van der Waals surface area contributed by atoms with Crippen LogP contribution in [0.15, 0.2) is 36.9 Å². The molecule has 2 N–H and O–H groups in total. The van der Waals surface area contributed by atoms with Gasteiger partial charge < -0.3 is 15.4 Å².